The van der Waals surface area contributed by atoms with Gasteiger partial charge in [-0.25, -0.2) is 4.79 Å². The van der Waals surface area contributed by atoms with Crippen LogP contribution in [-0.2, 0) is 0 Å². The molecule has 2 aliphatic heterocycles. The van der Waals surface area contributed by atoms with Crippen LogP contribution in [0.1, 0.15) is 38.8 Å². The number of benzene rings is 3. The molecular weight excluding hydrogens is 404 g/mol. The Hall–Kier alpha value is -4.12. The summed E-state index contributed by atoms with van der Waals surface area (Å²) in [5.74, 6) is 1.00. The summed E-state index contributed by atoms with van der Waals surface area (Å²) >= 11 is 0. The highest BCUT2D eigenvalue weighted by Crippen LogP contribution is 2.36. The summed E-state index contributed by atoms with van der Waals surface area (Å²) in [7, 11) is 0. The van der Waals surface area contributed by atoms with Gasteiger partial charge in [-0.3, -0.25) is 4.79 Å². The van der Waals surface area contributed by atoms with Crippen LogP contribution >= 0.6 is 0 Å². The Morgan fingerprint density at radius 1 is 1.00 bits per heavy atom. The van der Waals surface area contributed by atoms with Crippen LogP contribution in [0.5, 0.6) is 17.2 Å². The lowest BCUT2D eigenvalue weighted by Crippen LogP contribution is -2.18. The minimum Gasteiger partial charge on any atom is -0.485 e. The molecule has 5 nitrogen and oxygen atoms in total. The fraction of sp³-hybridized carbons (Fsp3) is 0.111. The second kappa shape index (κ2) is 7.85. The summed E-state index contributed by atoms with van der Waals surface area (Å²) in [4.78, 5) is 25.2. The zero-order valence-electron chi connectivity index (χ0n) is 17.6. The van der Waals surface area contributed by atoms with E-state index < -0.39 is 5.97 Å². The maximum atomic E-state index is 12.8. The third-order valence-corrected chi connectivity index (χ3v) is 5.45. The molecule has 0 bridgehead atoms. The van der Waals surface area contributed by atoms with E-state index in [1.165, 1.54) is 0 Å². The van der Waals surface area contributed by atoms with Crippen molar-refractivity contribution in [3.8, 4) is 17.2 Å². The van der Waals surface area contributed by atoms with Gasteiger partial charge in [-0.15, -0.1) is 0 Å². The number of hydrogen-bond donors (Lipinski definition) is 0. The van der Waals surface area contributed by atoms with Crippen molar-refractivity contribution in [2.45, 2.75) is 20.0 Å². The van der Waals surface area contributed by atoms with Crippen LogP contribution < -0.4 is 14.2 Å². The number of para-hydroxylation sites is 1. The van der Waals surface area contributed by atoms with Gasteiger partial charge in [-0.05, 0) is 61.9 Å². The highest BCUT2D eigenvalue weighted by Gasteiger charge is 2.29. The molecule has 2 heterocycles. The van der Waals surface area contributed by atoms with Gasteiger partial charge in [0.2, 0.25) is 5.78 Å². The van der Waals surface area contributed by atoms with Crippen molar-refractivity contribution in [2.75, 3.05) is 0 Å². The maximum absolute atomic E-state index is 12.8. The van der Waals surface area contributed by atoms with Gasteiger partial charge >= 0.3 is 5.97 Å². The number of carbonyl (C=O) groups excluding carboxylic acids is 2. The Balaban J connectivity index is 1.38. The number of aryl methyl sites for hydroxylation is 1. The molecule has 2 aliphatic rings. The van der Waals surface area contributed by atoms with E-state index in [0.717, 1.165) is 22.4 Å². The van der Waals surface area contributed by atoms with Crippen LogP contribution in [0.4, 0.5) is 0 Å². The average molecular weight is 424 g/mol. The zero-order chi connectivity index (χ0) is 22.2. The Labute approximate surface area is 185 Å². The molecule has 0 saturated heterocycles. The van der Waals surface area contributed by atoms with E-state index >= 15 is 0 Å². The molecule has 1 atom stereocenters. The second-order valence-corrected chi connectivity index (χ2v) is 7.80. The Kier molecular flexibility index (Phi) is 4.86. The number of carbonyl (C=O) groups is 2. The first kappa shape index (κ1) is 19.8. The topological polar surface area (TPSA) is 61.8 Å². The molecule has 0 aliphatic carbocycles. The standard InChI is InChI=1S/C27H20O5/c1-16-7-9-18(10-8-16)27(29)31-21-11-12-22-24(15-21)32-25(26(22)28)14-20-13-19-5-3-4-6-23(19)30-17(20)2/h3-15,17H,1-2H3/t17-/m1/s1. The number of Topliss-reactive ketones (excluding diaryl/α,β-unsaturated/α-hetero) is 1. The van der Waals surface area contributed by atoms with Gasteiger partial charge in [0.25, 0.3) is 0 Å². The van der Waals surface area contributed by atoms with Gasteiger partial charge in [0, 0.05) is 11.6 Å². The molecule has 0 fully saturated rings. The van der Waals surface area contributed by atoms with Crippen LogP contribution in [0.25, 0.3) is 6.08 Å². The van der Waals surface area contributed by atoms with E-state index in [4.69, 9.17) is 14.2 Å². The van der Waals surface area contributed by atoms with E-state index in [2.05, 4.69) is 0 Å². The molecule has 0 saturated carbocycles. The summed E-state index contributed by atoms with van der Waals surface area (Å²) in [6.07, 6.45) is 3.48. The van der Waals surface area contributed by atoms with Gasteiger partial charge < -0.3 is 14.2 Å². The molecule has 0 N–H and O–H groups in total. The normalized spacial score (nSPS) is 17.7. The fourth-order valence-corrected chi connectivity index (χ4v) is 3.66. The number of ketones is 1. The van der Waals surface area contributed by atoms with E-state index in [1.807, 2.05) is 56.3 Å². The molecule has 5 heteroatoms. The number of ether oxygens (including phenoxy) is 3. The quantitative estimate of drug-likeness (QED) is 0.314. The molecular formula is C27H20O5. The SMILES string of the molecule is Cc1ccc(C(=O)Oc2ccc3c(c2)OC(=CC2=Cc4ccccc4O[C@@H]2C)C3=O)cc1. The first-order valence-electron chi connectivity index (χ1n) is 10.3. The van der Waals surface area contributed by atoms with E-state index in [1.54, 1.807) is 36.4 Å². The van der Waals surface area contributed by atoms with Crippen molar-refractivity contribution in [1.29, 1.82) is 0 Å². The van der Waals surface area contributed by atoms with E-state index in [0.29, 0.717) is 22.6 Å². The molecule has 0 aromatic heterocycles. The van der Waals surface area contributed by atoms with Crippen LogP contribution in [0.3, 0.4) is 0 Å². The number of allylic oxidation sites excluding steroid dienone is 1. The smallest absolute Gasteiger partial charge is 0.343 e. The number of rotatable bonds is 3. The van der Waals surface area contributed by atoms with Crippen molar-refractivity contribution in [1.82, 2.24) is 0 Å². The number of esters is 1. The minimum atomic E-state index is -0.470. The monoisotopic (exact) mass is 424 g/mol. The number of fused-ring (bicyclic) bond motifs is 2. The molecule has 3 aromatic rings. The highest BCUT2D eigenvalue weighted by molar-refractivity contribution is 6.12. The van der Waals surface area contributed by atoms with Crippen LogP contribution in [0, 0.1) is 6.92 Å². The molecule has 5 rings (SSSR count). The van der Waals surface area contributed by atoms with Crippen molar-refractivity contribution < 1.29 is 23.8 Å². The van der Waals surface area contributed by atoms with Gasteiger partial charge in [0.15, 0.2) is 5.76 Å². The summed E-state index contributed by atoms with van der Waals surface area (Å²) in [5, 5.41) is 0. The van der Waals surface area contributed by atoms with Gasteiger partial charge in [-0.2, -0.15) is 0 Å². The molecule has 158 valence electrons. The minimum absolute atomic E-state index is 0.211. The van der Waals surface area contributed by atoms with Gasteiger partial charge in [0.05, 0.1) is 11.1 Å². The molecule has 0 unspecified atom stereocenters. The molecule has 3 aromatic carbocycles. The lowest BCUT2D eigenvalue weighted by atomic mass is 10.0. The maximum Gasteiger partial charge on any atom is 0.343 e. The van der Waals surface area contributed by atoms with E-state index in [-0.39, 0.29) is 17.6 Å². The second-order valence-electron chi connectivity index (χ2n) is 7.80. The highest BCUT2D eigenvalue weighted by atomic mass is 16.5. The third-order valence-electron chi connectivity index (χ3n) is 5.45. The van der Waals surface area contributed by atoms with Gasteiger partial charge in [-0.1, -0.05) is 35.9 Å². The first-order chi connectivity index (χ1) is 15.5. The summed E-state index contributed by atoms with van der Waals surface area (Å²) in [5.41, 5.74) is 3.72. The zero-order valence-corrected chi connectivity index (χ0v) is 17.6. The van der Waals surface area contributed by atoms with Crippen LogP contribution in [-0.4, -0.2) is 17.9 Å². The molecule has 0 amide bonds. The van der Waals surface area contributed by atoms with E-state index in [9.17, 15) is 9.59 Å². The average Bonchev–Trinajstić information content (AvgIpc) is 3.09. The van der Waals surface area contributed by atoms with Crippen LogP contribution in [0.2, 0.25) is 0 Å². The summed E-state index contributed by atoms with van der Waals surface area (Å²) in [6.45, 7) is 3.87. The Morgan fingerprint density at radius 3 is 2.59 bits per heavy atom. The van der Waals surface area contributed by atoms with Gasteiger partial charge in [0.1, 0.15) is 23.4 Å². The molecule has 32 heavy (non-hydrogen) atoms. The predicted molar refractivity (Wildman–Crippen MR) is 120 cm³/mol. The van der Waals surface area contributed by atoms with Crippen molar-refractivity contribution in [3.05, 3.63) is 106 Å². The van der Waals surface area contributed by atoms with Crippen molar-refractivity contribution >= 4 is 17.8 Å². The van der Waals surface area contributed by atoms with Crippen molar-refractivity contribution in [2.24, 2.45) is 0 Å². The number of hydrogen-bond acceptors (Lipinski definition) is 5. The lowest BCUT2D eigenvalue weighted by Gasteiger charge is -2.22. The van der Waals surface area contributed by atoms with Crippen molar-refractivity contribution in [3.63, 3.8) is 0 Å². The first-order valence-corrected chi connectivity index (χ1v) is 10.3. The molecule has 0 radical (unpaired) electrons. The predicted octanol–water partition coefficient (Wildman–Crippen LogP) is 5.54. The largest absolute Gasteiger partial charge is 0.485 e. The Morgan fingerprint density at radius 2 is 1.78 bits per heavy atom. The summed E-state index contributed by atoms with van der Waals surface area (Å²) < 4.78 is 17.2. The lowest BCUT2D eigenvalue weighted by molar-refractivity contribution is 0.0734. The third kappa shape index (κ3) is 3.69. The Bertz CT molecular complexity index is 1300. The summed E-state index contributed by atoms with van der Waals surface area (Å²) in [6, 6.07) is 19.6. The molecule has 0 spiro atoms. The van der Waals surface area contributed by atoms with Crippen LogP contribution in [0.15, 0.2) is 84.1 Å². The fourth-order valence-electron chi connectivity index (χ4n) is 3.66.